The largest absolute Gasteiger partial charge is 0.478 e. The lowest BCUT2D eigenvalue weighted by atomic mass is 9.78. The molecule has 336 valence electrons. The van der Waals surface area contributed by atoms with Gasteiger partial charge in [-0.25, -0.2) is 4.98 Å². The minimum Gasteiger partial charge on any atom is -0.478 e. The first-order chi connectivity index (χ1) is 30.8. The molecule has 0 aliphatic carbocycles. The monoisotopic (exact) mass is 892 g/mol. The summed E-state index contributed by atoms with van der Waals surface area (Å²) in [7, 11) is 1.51. The van der Waals surface area contributed by atoms with Gasteiger partial charge in [0, 0.05) is 75.5 Å². The third-order valence-corrected chi connectivity index (χ3v) is 14.0. The number of fused-ring (bicyclic) bond motifs is 2. The fourth-order valence-electron chi connectivity index (χ4n) is 10.1. The highest BCUT2D eigenvalue weighted by Crippen LogP contribution is 2.42. The maximum Gasteiger partial charge on any atom is 0.293 e. The zero-order chi connectivity index (χ0) is 44.9. The van der Waals surface area contributed by atoms with E-state index in [1.165, 1.54) is 7.05 Å². The Balaban J connectivity index is 0.779. The fraction of sp³-hybridized carbons (Fsp3) is 0.478. The van der Waals surface area contributed by atoms with Crippen molar-refractivity contribution in [3.63, 3.8) is 0 Å². The maximum atomic E-state index is 13.4. The van der Waals surface area contributed by atoms with E-state index in [9.17, 15) is 28.8 Å². The van der Waals surface area contributed by atoms with E-state index >= 15 is 0 Å². The third kappa shape index (κ3) is 8.38. The standard InChI is InChI=1S/C46H53ClN10O7/c1-27(2)56-35-7-4-30(20-29(35)21-37(44(56)63)64-25-39(59)48-3)50-40-34(47)23-49-45(52-40)55-18-13-46(14-19-55)12-17-53(26-46)24-28-10-15-54(16-11-28)31-5-6-32-33(22-31)43(62)57(42(32)61)36-8-9-38(58)51-41(36)60/h4-7,20-23,27-28,36H,8-19,24-26H2,1-3H3,(H,48,59)(H,49,50,52)(H,51,58,60). The van der Waals surface area contributed by atoms with Gasteiger partial charge in [0.2, 0.25) is 17.8 Å². The van der Waals surface area contributed by atoms with Gasteiger partial charge in [-0.15, -0.1) is 0 Å². The van der Waals surface area contributed by atoms with Crippen LogP contribution in [0.3, 0.4) is 0 Å². The van der Waals surface area contributed by atoms with Crippen LogP contribution in [0.4, 0.5) is 23.1 Å². The topological polar surface area (TPSA) is 191 Å². The molecule has 9 rings (SSSR count). The molecular weight excluding hydrogens is 840 g/mol. The Hall–Kier alpha value is -6.07. The lowest BCUT2D eigenvalue weighted by molar-refractivity contribution is -0.136. The number of nitrogens with one attached hydrogen (secondary N) is 3. The van der Waals surface area contributed by atoms with Gasteiger partial charge in [-0.05, 0) is 113 Å². The zero-order valence-electron chi connectivity index (χ0n) is 36.3. The molecule has 4 saturated heterocycles. The summed E-state index contributed by atoms with van der Waals surface area (Å²) in [6.07, 6.45) is 7.16. The molecule has 0 bridgehead atoms. The van der Waals surface area contributed by atoms with Gasteiger partial charge in [-0.1, -0.05) is 11.6 Å². The van der Waals surface area contributed by atoms with E-state index in [1.807, 2.05) is 38.1 Å². The second kappa shape index (κ2) is 17.5. The lowest BCUT2D eigenvalue weighted by Crippen LogP contribution is -2.54. The number of carbonyl (C=O) groups is 5. The van der Waals surface area contributed by atoms with Crippen molar-refractivity contribution < 1.29 is 28.7 Å². The molecule has 4 fully saturated rings. The van der Waals surface area contributed by atoms with Crippen LogP contribution >= 0.6 is 11.6 Å². The number of anilines is 4. The average Bonchev–Trinajstić information content (AvgIpc) is 3.79. The molecule has 1 unspecified atom stereocenters. The van der Waals surface area contributed by atoms with Crippen molar-refractivity contribution in [2.75, 3.05) is 74.6 Å². The van der Waals surface area contributed by atoms with E-state index in [2.05, 4.69) is 35.6 Å². The Morgan fingerprint density at radius 2 is 1.67 bits per heavy atom. The number of halogens is 1. The van der Waals surface area contributed by atoms with Gasteiger partial charge in [-0.2, -0.15) is 4.98 Å². The van der Waals surface area contributed by atoms with Crippen molar-refractivity contribution in [3.05, 3.63) is 75.2 Å². The van der Waals surface area contributed by atoms with E-state index in [-0.39, 0.29) is 48.1 Å². The van der Waals surface area contributed by atoms with E-state index in [1.54, 1.807) is 29.0 Å². The highest BCUT2D eigenvalue weighted by molar-refractivity contribution is 6.33. The predicted octanol–water partition coefficient (Wildman–Crippen LogP) is 4.50. The normalized spacial score (nSPS) is 20.4. The van der Waals surface area contributed by atoms with E-state index < -0.39 is 29.7 Å². The minimum absolute atomic E-state index is 0.0895. The Morgan fingerprint density at radius 3 is 2.41 bits per heavy atom. The number of rotatable bonds is 11. The van der Waals surface area contributed by atoms with E-state index in [4.69, 9.17) is 21.3 Å². The van der Waals surface area contributed by atoms with Crippen LogP contribution in [0.2, 0.25) is 5.02 Å². The van der Waals surface area contributed by atoms with Crippen LogP contribution in [0.15, 0.2) is 53.5 Å². The smallest absolute Gasteiger partial charge is 0.293 e. The molecule has 4 aromatic rings. The lowest BCUT2D eigenvalue weighted by Gasteiger charge is -2.40. The summed E-state index contributed by atoms with van der Waals surface area (Å²) in [5, 5.41) is 9.26. The van der Waals surface area contributed by atoms with Crippen LogP contribution < -0.4 is 36.0 Å². The van der Waals surface area contributed by atoms with Gasteiger partial charge in [0.05, 0.1) is 22.8 Å². The van der Waals surface area contributed by atoms with Gasteiger partial charge >= 0.3 is 0 Å². The van der Waals surface area contributed by atoms with Crippen molar-refractivity contribution in [3.8, 4) is 5.75 Å². The first-order valence-electron chi connectivity index (χ1n) is 22.2. The van der Waals surface area contributed by atoms with Crippen LogP contribution in [-0.4, -0.2) is 119 Å². The van der Waals surface area contributed by atoms with Crippen molar-refractivity contribution in [2.24, 2.45) is 11.3 Å². The van der Waals surface area contributed by atoms with Crippen LogP contribution in [0.5, 0.6) is 5.75 Å². The molecule has 7 heterocycles. The number of imide groups is 2. The number of ether oxygens (including phenoxy) is 1. The number of benzene rings is 2. The average molecular weight is 893 g/mol. The molecule has 1 atom stereocenters. The number of carbonyl (C=O) groups excluding carboxylic acids is 5. The van der Waals surface area contributed by atoms with Crippen LogP contribution in [-0.2, 0) is 14.4 Å². The number of aromatic nitrogens is 3. The Morgan fingerprint density at radius 1 is 0.922 bits per heavy atom. The Bertz CT molecular complexity index is 2600. The highest BCUT2D eigenvalue weighted by Gasteiger charge is 2.45. The molecule has 17 nitrogen and oxygen atoms in total. The molecular formula is C46H53ClN10O7. The molecule has 5 amide bonds. The van der Waals surface area contributed by atoms with Crippen molar-refractivity contribution in [2.45, 2.75) is 70.9 Å². The first kappa shape index (κ1) is 43.2. The number of likely N-dealkylation sites (tertiary alicyclic amines) is 1. The van der Waals surface area contributed by atoms with Crippen molar-refractivity contribution >= 4 is 75.2 Å². The minimum atomic E-state index is -0.976. The number of piperidine rings is 3. The highest BCUT2D eigenvalue weighted by atomic mass is 35.5. The molecule has 3 N–H and O–H groups in total. The number of likely N-dealkylation sites (N-methyl/N-ethyl adjacent to an activating group) is 1. The summed E-state index contributed by atoms with van der Waals surface area (Å²) in [6, 6.07) is 11.6. The summed E-state index contributed by atoms with van der Waals surface area (Å²) >= 11 is 6.64. The molecule has 64 heavy (non-hydrogen) atoms. The molecule has 2 aromatic heterocycles. The molecule has 1 spiro atoms. The van der Waals surface area contributed by atoms with Crippen molar-refractivity contribution in [1.82, 2.24) is 35.0 Å². The van der Waals surface area contributed by atoms with E-state index in [0.29, 0.717) is 33.8 Å². The Labute approximate surface area is 375 Å². The van der Waals surface area contributed by atoms with Gasteiger partial charge in [0.15, 0.2) is 18.2 Å². The van der Waals surface area contributed by atoms with Crippen LogP contribution in [0.1, 0.15) is 85.6 Å². The summed E-state index contributed by atoms with van der Waals surface area (Å²) in [4.78, 5) is 93.5. The molecule has 5 aliphatic heterocycles. The number of nitrogens with zero attached hydrogens (tertiary/aromatic N) is 7. The fourth-order valence-corrected chi connectivity index (χ4v) is 10.3. The summed E-state index contributed by atoms with van der Waals surface area (Å²) in [5.41, 5.74) is 2.92. The van der Waals surface area contributed by atoms with Crippen LogP contribution in [0, 0.1) is 11.3 Å². The second-order valence-corrected chi connectivity index (χ2v) is 18.5. The second-order valence-electron chi connectivity index (χ2n) is 18.1. The number of amides is 5. The maximum absolute atomic E-state index is 13.4. The van der Waals surface area contributed by atoms with Crippen LogP contribution in [0.25, 0.3) is 10.9 Å². The molecule has 0 radical (unpaired) electrons. The number of hydrogen-bond donors (Lipinski definition) is 3. The van der Waals surface area contributed by atoms with E-state index in [0.717, 1.165) is 105 Å². The third-order valence-electron chi connectivity index (χ3n) is 13.7. The molecule has 18 heteroatoms. The SMILES string of the molecule is CNC(=O)COc1cc2cc(Nc3nc(N4CCC5(CCN(CC6CCN(c7ccc8c(c7)C(=O)N(C7CCC(=O)NC7=O)C8=O)CC6)C5)CC4)ncc3Cl)ccc2n(C(C)C)c1=O. The predicted molar refractivity (Wildman–Crippen MR) is 241 cm³/mol. The molecule has 0 saturated carbocycles. The molecule has 2 aromatic carbocycles. The zero-order valence-corrected chi connectivity index (χ0v) is 37.1. The van der Waals surface area contributed by atoms with Gasteiger partial charge in [0.1, 0.15) is 11.1 Å². The summed E-state index contributed by atoms with van der Waals surface area (Å²) in [6.45, 7) is 10.2. The molecule has 5 aliphatic rings. The summed E-state index contributed by atoms with van der Waals surface area (Å²) < 4.78 is 7.28. The number of hydrogen-bond acceptors (Lipinski definition) is 13. The quantitative estimate of drug-likeness (QED) is 0.179. The Kier molecular flexibility index (Phi) is 11.8. The van der Waals surface area contributed by atoms with Crippen molar-refractivity contribution in [1.29, 1.82) is 0 Å². The van der Waals surface area contributed by atoms with Gasteiger partial charge in [0.25, 0.3) is 23.3 Å². The summed E-state index contributed by atoms with van der Waals surface area (Å²) in [5.74, 6) is -0.547. The number of pyridine rings is 1. The van der Waals surface area contributed by atoms with Gasteiger partial charge in [-0.3, -0.25) is 39.0 Å². The first-order valence-corrected chi connectivity index (χ1v) is 22.6. The van der Waals surface area contributed by atoms with Gasteiger partial charge < -0.3 is 34.6 Å².